The molecule has 7 nitrogen and oxygen atoms in total. The number of nitrogens with one attached hydrogen (secondary N) is 1. The van der Waals surface area contributed by atoms with E-state index >= 15 is 0 Å². The minimum Gasteiger partial charge on any atom is -0.444 e. The van der Waals surface area contributed by atoms with E-state index in [0.717, 1.165) is 0 Å². The average molecular weight is 281 g/mol. The topological polar surface area (TPSA) is 90.9 Å². The van der Waals surface area contributed by atoms with Gasteiger partial charge in [-0.25, -0.2) is 4.79 Å². The number of cyclic esters (lactones) is 2. The summed E-state index contributed by atoms with van der Waals surface area (Å²) in [5.74, 6) is -2.83. The van der Waals surface area contributed by atoms with Gasteiger partial charge < -0.3 is 14.2 Å². The van der Waals surface area contributed by atoms with Gasteiger partial charge >= 0.3 is 18.0 Å². The smallest absolute Gasteiger partial charge is 0.410 e. The second kappa shape index (κ2) is 3.82. The molecule has 1 amide bonds. The standard InChI is InChI=1S/C13H15NO6/c1-12(2,3)20-11(17)14-13-5-4-6(19-13)7-8(13)10(16)18-9(7)15/h4-8H,1-3H3,(H,14,17)/t6-,7-,8+,13+/m1/s1. The Morgan fingerprint density at radius 2 is 2.05 bits per heavy atom. The average Bonchev–Trinajstić information content (AvgIpc) is 2.87. The van der Waals surface area contributed by atoms with Crippen molar-refractivity contribution in [2.24, 2.45) is 11.8 Å². The molecular formula is C13H15NO6. The van der Waals surface area contributed by atoms with Crippen molar-refractivity contribution in [1.82, 2.24) is 5.32 Å². The van der Waals surface area contributed by atoms with Gasteiger partial charge in [-0.15, -0.1) is 0 Å². The Bertz CT molecular complexity index is 533. The van der Waals surface area contributed by atoms with Crippen LogP contribution in [0.2, 0.25) is 0 Å². The Morgan fingerprint density at radius 3 is 2.70 bits per heavy atom. The lowest BCUT2D eigenvalue weighted by Crippen LogP contribution is -2.54. The van der Waals surface area contributed by atoms with Gasteiger partial charge in [0.05, 0.1) is 6.10 Å². The zero-order valence-corrected chi connectivity index (χ0v) is 11.3. The van der Waals surface area contributed by atoms with E-state index in [1.54, 1.807) is 32.9 Å². The van der Waals surface area contributed by atoms with Gasteiger partial charge in [-0.1, -0.05) is 6.08 Å². The van der Waals surface area contributed by atoms with E-state index < -0.39 is 47.3 Å². The van der Waals surface area contributed by atoms with Crippen LogP contribution in [0.4, 0.5) is 4.79 Å². The Kier molecular flexibility index (Phi) is 2.50. The van der Waals surface area contributed by atoms with Gasteiger partial charge in [-0.2, -0.15) is 0 Å². The summed E-state index contributed by atoms with van der Waals surface area (Å²) in [5.41, 5.74) is -2.02. The molecule has 3 rings (SSSR count). The van der Waals surface area contributed by atoms with Crippen LogP contribution >= 0.6 is 0 Å². The van der Waals surface area contributed by atoms with Crippen LogP contribution in [0.3, 0.4) is 0 Å². The maximum Gasteiger partial charge on any atom is 0.410 e. The summed E-state index contributed by atoms with van der Waals surface area (Å²) in [6, 6.07) is 0. The summed E-state index contributed by atoms with van der Waals surface area (Å²) in [6.45, 7) is 5.18. The number of carbonyl (C=O) groups excluding carboxylic acids is 3. The lowest BCUT2D eigenvalue weighted by Gasteiger charge is -2.29. The summed E-state index contributed by atoms with van der Waals surface area (Å²) >= 11 is 0. The lowest BCUT2D eigenvalue weighted by molar-refractivity contribution is -0.158. The predicted molar refractivity (Wildman–Crippen MR) is 64.2 cm³/mol. The molecule has 0 aromatic heterocycles. The van der Waals surface area contributed by atoms with E-state index in [4.69, 9.17) is 9.47 Å². The molecule has 3 aliphatic rings. The molecule has 2 saturated heterocycles. The highest BCUT2D eigenvalue weighted by molar-refractivity contribution is 5.99. The molecular weight excluding hydrogens is 266 g/mol. The van der Waals surface area contributed by atoms with Crippen LogP contribution < -0.4 is 5.32 Å². The van der Waals surface area contributed by atoms with E-state index in [9.17, 15) is 14.4 Å². The first kappa shape index (κ1) is 13.1. The van der Waals surface area contributed by atoms with Crippen LogP contribution in [0, 0.1) is 11.8 Å². The van der Waals surface area contributed by atoms with E-state index in [1.807, 2.05) is 0 Å². The molecule has 2 bridgehead atoms. The van der Waals surface area contributed by atoms with E-state index in [-0.39, 0.29) is 0 Å². The molecule has 2 fully saturated rings. The summed E-state index contributed by atoms with van der Waals surface area (Å²) in [6.07, 6.45) is 1.96. The van der Waals surface area contributed by atoms with Crippen molar-refractivity contribution in [3.05, 3.63) is 12.2 Å². The molecule has 20 heavy (non-hydrogen) atoms. The second-order valence-electron chi connectivity index (χ2n) is 6.11. The van der Waals surface area contributed by atoms with Gasteiger partial charge in [0, 0.05) is 0 Å². The number of alkyl carbamates (subject to hydrolysis) is 1. The van der Waals surface area contributed by atoms with Crippen molar-refractivity contribution < 1.29 is 28.6 Å². The van der Waals surface area contributed by atoms with Crippen LogP contribution in [0.25, 0.3) is 0 Å². The van der Waals surface area contributed by atoms with Crippen LogP contribution in [-0.4, -0.2) is 35.5 Å². The summed E-state index contributed by atoms with van der Waals surface area (Å²) in [7, 11) is 0. The normalized spacial score (nSPS) is 37.9. The fourth-order valence-corrected chi connectivity index (χ4v) is 2.80. The zero-order chi connectivity index (χ0) is 14.7. The third-order valence-corrected chi connectivity index (χ3v) is 3.46. The number of hydrogen-bond acceptors (Lipinski definition) is 6. The number of fused-ring (bicyclic) bond motifs is 5. The van der Waals surface area contributed by atoms with Crippen molar-refractivity contribution in [2.45, 2.75) is 38.2 Å². The molecule has 0 saturated carbocycles. The maximum atomic E-state index is 11.9. The Labute approximate surface area is 115 Å². The molecule has 0 radical (unpaired) electrons. The summed E-state index contributed by atoms with van der Waals surface area (Å²) in [5, 5.41) is 2.54. The molecule has 4 atom stereocenters. The molecule has 3 aliphatic heterocycles. The molecule has 0 aromatic rings. The molecule has 7 heteroatoms. The lowest BCUT2D eigenvalue weighted by atomic mass is 9.81. The van der Waals surface area contributed by atoms with Crippen LogP contribution in [0.1, 0.15) is 20.8 Å². The molecule has 0 aromatic carbocycles. The van der Waals surface area contributed by atoms with Crippen LogP contribution in [0.15, 0.2) is 12.2 Å². The Balaban J connectivity index is 1.83. The fourth-order valence-electron chi connectivity index (χ4n) is 2.80. The van der Waals surface area contributed by atoms with Crippen molar-refractivity contribution in [2.75, 3.05) is 0 Å². The van der Waals surface area contributed by atoms with E-state index in [2.05, 4.69) is 10.1 Å². The Morgan fingerprint density at radius 1 is 1.35 bits per heavy atom. The number of hydrogen-bond donors (Lipinski definition) is 1. The summed E-state index contributed by atoms with van der Waals surface area (Å²) in [4.78, 5) is 35.3. The van der Waals surface area contributed by atoms with E-state index in [0.29, 0.717) is 0 Å². The third-order valence-electron chi connectivity index (χ3n) is 3.46. The first-order chi connectivity index (χ1) is 9.22. The van der Waals surface area contributed by atoms with Crippen LogP contribution in [0.5, 0.6) is 0 Å². The molecule has 108 valence electrons. The number of esters is 2. The number of carbonyl (C=O) groups is 3. The highest BCUT2D eigenvalue weighted by atomic mass is 16.6. The number of rotatable bonds is 1. The van der Waals surface area contributed by atoms with Crippen molar-refractivity contribution in [3.63, 3.8) is 0 Å². The third kappa shape index (κ3) is 1.81. The highest BCUT2D eigenvalue weighted by Gasteiger charge is 2.68. The van der Waals surface area contributed by atoms with Crippen molar-refractivity contribution >= 4 is 18.0 Å². The monoisotopic (exact) mass is 281 g/mol. The first-order valence-electron chi connectivity index (χ1n) is 6.36. The van der Waals surface area contributed by atoms with Crippen LogP contribution in [-0.2, 0) is 23.8 Å². The fraction of sp³-hybridized carbons (Fsp3) is 0.615. The molecule has 1 N–H and O–H groups in total. The SMILES string of the molecule is CC(C)(C)OC(=O)N[C@@]12C=C[C@@H](O1)[C@H]1C(=O)OC(=O)[C@H]12. The van der Waals surface area contributed by atoms with Crippen molar-refractivity contribution in [1.29, 1.82) is 0 Å². The van der Waals surface area contributed by atoms with Gasteiger partial charge in [0.25, 0.3) is 0 Å². The largest absolute Gasteiger partial charge is 0.444 e. The number of ether oxygens (including phenoxy) is 3. The molecule has 3 heterocycles. The highest BCUT2D eigenvalue weighted by Crippen LogP contribution is 2.49. The number of amides is 1. The first-order valence-corrected chi connectivity index (χ1v) is 6.36. The van der Waals surface area contributed by atoms with E-state index in [1.165, 1.54) is 0 Å². The molecule has 0 unspecified atom stereocenters. The summed E-state index contributed by atoms with van der Waals surface area (Å²) < 4.78 is 15.4. The zero-order valence-electron chi connectivity index (χ0n) is 11.3. The van der Waals surface area contributed by atoms with Crippen molar-refractivity contribution in [3.8, 4) is 0 Å². The quantitative estimate of drug-likeness (QED) is 0.427. The van der Waals surface area contributed by atoms with Gasteiger partial charge in [-0.05, 0) is 26.8 Å². The molecule has 0 aliphatic carbocycles. The maximum absolute atomic E-state index is 11.9. The Hall–Kier alpha value is -1.89. The van der Waals surface area contributed by atoms with Gasteiger partial charge in [0.2, 0.25) is 0 Å². The van der Waals surface area contributed by atoms with Gasteiger partial charge in [0.15, 0.2) is 5.72 Å². The minimum atomic E-state index is -1.35. The predicted octanol–water partition coefficient (Wildman–Crippen LogP) is 0.492. The van der Waals surface area contributed by atoms with Gasteiger partial charge in [0.1, 0.15) is 17.4 Å². The second-order valence-corrected chi connectivity index (χ2v) is 6.11. The minimum absolute atomic E-state index is 0.547. The van der Waals surface area contributed by atoms with Gasteiger partial charge in [-0.3, -0.25) is 14.9 Å². The molecule has 0 spiro atoms.